The maximum absolute atomic E-state index is 12.5. The van der Waals surface area contributed by atoms with Gasteiger partial charge >= 0.3 is 0 Å². The number of rotatable bonds is 3. The van der Waals surface area contributed by atoms with E-state index in [-0.39, 0.29) is 6.04 Å². The van der Waals surface area contributed by atoms with Gasteiger partial charge in [-0.2, -0.15) is 0 Å². The lowest BCUT2D eigenvalue weighted by Gasteiger charge is -2.21. The molecule has 1 saturated carbocycles. The summed E-state index contributed by atoms with van der Waals surface area (Å²) in [5.74, 6) is 0. The van der Waals surface area contributed by atoms with Gasteiger partial charge in [0.15, 0.2) is 0 Å². The van der Waals surface area contributed by atoms with Crippen LogP contribution in [0.1, 0.15) is 30.6 Å². The number of nitrogens with two attached hydrogens (primary N) is 1. The molecule has 3 aromatic heterocycles. The maximum Gasteiger partial charge on any atom is 0.131 e. The van der Waals surface area contributed by atoms with Gasteiger partial charge in [0.1, 0.15) is 16.8 Å². The molecule has 2 unspecified atom stereocenters. The van der Waals surface area contributed by atoms with E-state index >= 15 is 0 Å². The highest BCUT2D eigenvalue weighted by atomic mass is 35.5. The van der Waals surface area contributed by atoms with Gasteiger partial charge in [-0.05, 0) is 24.3 Å². The van der Waals surface area contributed by atoms with Crippen molar-refractivity contribution in [1.29, 1.82) is 0 Å². The molecule has 0 aliphatic heterocycles. The molecule has 3 nitrogen and oxygen atoms in total. The number of hydrogen-bond acceptors (Lipinski definition) is 5. The van der Waals surface area contributed by atoms with E-state index in [0.29, 0.717) is 16.6 Å². The second kappa shape index (κ2) is 9.33. The van der Waals surface area contributed by atoms with Crippen LogP contribution in [0, 0.1) is 0 Å². The van der Waals surface area contributed by atoms with Crippen molar-refractivity contribution in [3.05, 3.63) is 44.0 Å². The second-order valence-electron chi connectivity index (χ2n) is 6.15. The van der Waals surface area contributed by atoms with Crippen molar-refractivity contribution in [1.82, 2.24) is 4.98 Å². The summed E-state index contributed by atoms with van der Waals surface area (Å²) in [5, 5.41) is 8.43. The van der Waals surface area contributed by atoms with Crippen molar-refractivity contribution in [2.24, 2.45) is 5.73 Å². The summed E-state index contributed by atoms with van der Waals surface area (Å²) in [5.41, 5.74) is 7.15. The molecule has 3 aromatic rings. The van der Waals surface area contributed by atoms with E-state index in [9.17, 15) is 4.39 Å². The van der Waals surface area contributed by atoms with Gasteiger partial charge in [0.25, 0.3) is 0 Å². The Labute approximate surface area is 170 Å². The number of thiophene rings is 2. The van der Waals surface area contributed by atoms with Gasteiger partial charge in [-0.3, -0.25) is 0 Å². The molecule has 0 radical (unpaired) electrons. The summed E-state index contributed by atoms with van der Waals surface area (Å²) in [4.78, 5) is 5.52. The fraction of sp³-hybridized carbons (Fsp3) is 0.389. The van der Waals surface area contributed by atoms with Crippen LogP contribution in [-0.2, 0) is 6.54 Å². The molecule has 3 heterocycles. The summed E-state index contributed by atoms with van der Waals surface area (Å²) in [6.07, 6.45) is 2.97. The van der Waals surface area contributed by atoms with Crippen LogP contribution in [0.4, 0.5) is 10.1 Å². The number of fused-ring (bicyclic) bond motifs is 1. The molecule has 0 aromatic carbocycles. The Morgan fingerprint density at radius 3 is 2.73 bits per heavy atom. The van der Waals surface area contributed by atoms with Crippen LogP contribution >= 0.6 is 45.9 Å². The maximum atomic E-state index is 12.5. The van der Waals surface area contributed by atoms with Gasteiger partial charge in [-0.25, -0.2) is 9.37 Å². The van der Waals surface area contributed by atoms with Gasteiger partial charge in [-0.15, -0.1) is 22.7 Å². The number of nitrogens with one attached hydrogen (secondary N) is 1. The molecule has 4 rings (SSSR count). The number of halogens is 3. The average molecular weight is 432 g/mol. The van der Waals surface area contributed by atoms with Crippen LogP contribution in [-0.4, -0.2) is 17.2 Å². The number of alkyl halides is 1. The smallest absolute Gasteiger partial charge is 0.131 e. The van der Waals surface area contributed by atoms with E-state index in [2.05, 4.69) is 21.7 Å². The molecule has 2 atom stereocenters. The van der Waals surface area contributed by atoms with Crippen LogP contribution in [0.5, 0.6) is 0 Å². The molecule has 8 heteroatoms. The Bertz CT molecular complexity index is 828. The lowest BCUT2D eigenvalue weighted by molar-refractivity contribution is 0.218. The normalized spacial score (nSPS) is 19.8. The first-order valence-electron chi connectivity index (χ1n) is 8.43. The first kappa shape index (κ1) is 19.8. The standard InChI is InChI=1S/C12H8Cl2N2S2.C6H12FN/c13-8-6-18-12-9(4-10(14)16-11(8)12)15-5-7-2-1-3-17-7;7-5-3-1-2-4-6(5)8/h1-4,6H,5H2,(H,15,16);5-6H,1-4,8H2. The van der Waals surface area contributed by atoms with Crippen molar-refractivity contribution in [2.75, 3.05) is 5.32 Å². The predicted molar refractivity (Wildman–Crippen MR) is 113 cm³/mol. The van der Waals surface area contributed by atoms with Crippen molar-refractivity contribution in [2.45, 2.75) is 44.4 Å². The van der Waals surface area contributed by atoms with Gasteiger partial charge in [0.05, 0.1) is 15.4 Å². The van der Waals surface area contributed by atoms with E-state index in [1.807, 2.05) is 17.5 Å². The number of pyridine rings is 1. The summed E-state index contributed by atoms with van der Waals surface area (Å²) >= 11 is 15.4. The molecular weight excluding hydrogens is 412 g/mol. The van der Waals surface area contributed by atoms with Gasteiger partial charge in [0, 0.05) is 28.9 Å². The Kier molecular flexibility index (Phi) is 7.12. The van der Waals surface area contributed by atoms with Crippen LogP contribution in [0.2, 0.25) is 10.2 Å². The summed E-state index contributed by atoms with van der Waals surface area (Å²) in [7, 11) is 0. The number of hydrogen-bond donors (Lipinski definition) is 2. The molecule has 0 bridgehead atoms. The fourth-order valence-corrected chi connectivity index (χ4v) is 4.81. The van der Waals surface area contributed by atoms with Crippen LogP contribution in [0.15, 0.2) is 29.0 Å². The van der Waals surface area contributed by atoms with E-state index < -0.39 is 6.17 Å². The first-order valence-corrected chi connectivity index (χ1v) is 10.9. The van der Waals surface area contributed by atoms with Gasteiger partial charge < -0.3 is 11.1 Å². The molecule has 1 aliphatic carbocycles. The van der Waals surface area contributed by atoms with E-state index in [1.165, 1.54) is 4.88 Å². The SMILES string of the molecule is Clc1cc(NCc2cccs2)c2scc(Cl)c2n1.NC1CCCCC1F. The molecule has 26 heavy (non-hydrogen) atoms. The first-order chi connectivity index (χ1) is 12.5. The predicted octanol–water partition coefficient (Wildman–Crippen LogP) is 6.50. The second-order valence-corrected chi connectivity index (χ2v) is 8.86. The zero-order valence-corrected chi connectivity index (χ0v) is 17.2. The Balaban J connectivity index is 0.000000206. The highest BCUT2D eigenvalue weighted by molar-refractivity contribution is 7.18. The largest absolute Gasteiger partial charge is 0.379 e. The summed E-state index contributed by atoms with van der Waals surface area (Å²) in [6.45, 7) is 0.780. The molecule has 0 amide bonds. The highest BCUT2D eigenvalue weighted by Gasteiger charge is 2.19. The molecule has 3 N–H and O–H groups in total. The lowest BCUT2D eigenvalue weighted by Crippen LogP contribution is -2.34. The Hall–Kier alpha value is -0.920. The molecule has 1 aliphatic rings. The molecular formula is C18H20Cl2FN3S2. The van der Waals surface area contributed by atoms with Crippen molar-refractivity contribution < 1.29 is 4.39 Å². The zero-order valence-electron chi connectivity index (χ0n) is 14.1. The minimum atomic E-state index is -0.719. The fourth-order valence-electron chi connectivity index (χ4n) is 2.79. The molecule has 0 saturated heterocycles. The van der Waals surface area contributed by atoms with Gasteiger partial charge in [-0.1, -0.05) is 42.1 Å². The van der Waals surface area contributed by atoms with Gasteiger partial charge in [0.2, 0.25) is 0 Å². The third-order valence-corrected chi connectivity index (χ3v) is 6.70. The monoisotopic (exact) mass is 431 g/mol. The van der Waals surface area contributed by atoms with E-state index in [4.69, 9.17) is 28.9 Å². The topological polar surface area (TPSA) is 50.9 Å². The average Bonchev–Trinajstić information content (AvgIpc) is 3.27. The zero-order chi connectivity index (χ0) is 18.5. The van der Waals surface area contributed by atoms with Crippen LogP contribution in [0.25, 0.3) is 10.2 Å². The van der Waals surface area contributed by atoms with Crippen molar-refractivity contribution >= 4 is 61.8 Å². The molecule has 1 fully saturated rings. The lowest BCUT2D eigenvalue weighted by atomic mass is 9.95. The van der Waals surface area contributed by atoms with Crippen LogP contribution < -0.4 is 11.1 Å². The van der Waals surface area contributed by atoms with Crippen LogP contribution in [0.3, 0.4) is 0 Å². The minimum absolute atomic E-state index is 0.163. The number of anilines is 1. The molecule has 140 valence electrons. The highest BCUT2D eigenvalue weighted by Crippen LogP contribution is 2.35. The van der Waals surface area contributed by atoms with E-state index in [0.717, 1.165) is 41.7 Å². The number of nitrogens with zero attached hydrogens (tertiary/aromatic N) is 1. The third kappa shape index (κ3) is 5.08. The number of aromatic nitrogens is 1. The van der Waals surface area contributed by atoms with Crippen molar-refractivity contribution in [3.63, 3.8) is 0 Å². The quantitative estimate of drug-likeness (QED) is 0.465. The molecule has 0 spiro atoms. The Morgan fingerprint density at radius 1 is 1.27 bits per heavy atom. The van der Waals surface area contributed by atoms with E-state index in [1.54, 1.807) is 22.7 Å². The van der Waals surface area contributed by atoms with Crippen molar-refractivity contribution in [3.8, 4) is 0 Å². The Morgan fingerprint density at radius 2 is 2.08 bits per heavy atom. The summed E-state index contributed by atoms with van der Waals surface area (Å²) in [6, 6.07) is 5.81. The minimum Gasteiger partial charge on any atom is -0.379 e. The third-order valence-electron chi connectivity index (χ3n) is 4.21. The summed E-state index contributed by atoms with van der Waals surface area (Å²) < 4.78 is 13.5.